The van der Waals surface area contributed by atoms with Crippen LogP contribution < -0.4 is 5.32 Å². The largest absolute Gasteiger partial charge is 0.352 e. The molecule has 132 valence electrons. The number of amides is 2. The summed E-state index contributed by atoms with van der Waals surface area (Å²) in [6.07, 6.45) is 5.21. The van der Waals surface area contributed by atoms with Crippen LogP contribution in [0.25, 0.3) is 0 Å². The van der Waals surface area contributed by atoms with Crippen molar-refractivity contribution in [3.63, 3.8) is 0 Å². The van der Waals surface area contributed by atoms with Crippen LogP contribution >= 0.6 is 11.3 Å². The van der Waals surface area contributed by atoms with Crippen LogP contribution in [0.4, 0.5) is 0 Å². The summed E-state index contributed by atoms with van der Waals surface area (Å²) in [6.45, 7) is 2.70. The number of nitrogens with one attached hydrogen (secondary N) is 1. The van der Waals surface area contributed by atoms with E-state index in [1.165, 1.54) is 35.3 Å². The highest BCUT2D eigenvalue weighted by atomic mass is 32.1. The quantitative estimate of drug-likeness (QED) is 0.850. The van der Waals surface area contributed by atoms with E-state index >= 15 is 0 Å². The zero-order valence-corrected chi connectivity index (χ0v) is 15.5. The van der Waals surface area contributed by atoms with Gasteiger partial charge in [0.25, 0.3) is 0 Å². The fraction of sp³-hybridized carbons (Fsp3) is 0.667. The van der Waals surface area contributed by atoms with Crippen molar-refractivity contribution in [1.29, 1.82) is 0 Å². The summed E-state index contributed by atoms with van der Waals surface area (Å²) in [5.74, 6) is -0.0782. The van der Waals surface area contributed by atoms with E-state index in [1.807, 2.05) is 30.3 Å². The normalized spacial score (nSPS) is 20.5. The third-order valence-electron chi connectivity index (χ3n) is 5.00. The molecule has 1 atom stereocenters. The van der Waals surface area contributed by atoms with Gasteiger partial charge in [-0.25, -0.2) is 0 Å². The zero-order chi connectivity index (χ0) is 17.1. The molecule has 24 heavy (non-hydrogen) atoms. The first-order chi connectivity index (χ1) is 11.5. The Kier molecular flexibility index (Phi) is 5.56. The van der Waals surface area contributed by atoms with E-state index in [0.29, 0.717) is 26.1 Å². The number of rotatable bonds is 6. The minimum Gasteiger partial charge on any atom is -0.352 e. The number of carbonyl (C=O) groups excluding carboxylic acids is 2. The predicted octanol–water partition coefficient (Wildman–Crippen LogP) is 1.65. The molecule has 1 fully saturated rings. The molecule has 1 aliphatic heterocycles. The molecule has 0 radical (unpaired) electrons. The van der Waals surface area contributed by atoms with Gasteiger partial charge in [-0.05, 0) is 56.3 Å². The van der Waals surface area contributed by atoms with E-state index in [9.17, 15) is 9.59 Å². The van der Waals surface area contributed by atoms with Crippen molar-refractivity contribution in [3.05, 3.63) is 21.4 Å². The van der Waals surface area contributed by atoms with Crippen LogP contribution in [0.3, 0.4) is 0 Å². The van der Waals surface area contributed by atoms with Crippen molar-refractivity contribution in [1.82, 2.24) is 15.1 Å². The standard InChI is InChI=1S/C18H27N3O2S/c1-20(2)7-8-21-11-13(9-17(21)22)18(23)19-10-14-12-24-16-6-4-3-5-15(14)16/h12-13H,3-11H2,1-2H3,(H,19,23)/t13-/m1/s1. The molecular weight excluding hydrogens is 322 g/mol. The van der Waals surface area contributed by atoms with Crippen molar-refractivity contribution in [3.8, 4) is 0 Å². The van der Waals surface area contributed by atoms with Crippen LogP contribution in [0, 0.1) is 5.92 Å². The molecule has 1 saturated heterocycles. The van der Waals surface area contributed by atoms with Crippen LogP contribution in [0.5, 0.6) is 0 Å². The molecule has 0 aromatic carbocycles. The number of hydrogen-bond acceptors (Lipinski definition) is 4. The van der Waals surface area contributed by atoms with E-state index in [-0.39, 0.29) is 17.7 Å². The molecule has 1 N–H and O–H groups in total. The first-order valence-electron chi connectivity index (χ1n) is 8.83. The Labute approximate surface area is 148 Å². The second-order valence-corrected chi connectivity index (χ2v) is 8.10. The summed E-state index contributed by atoms with van der Waals surface area (Å²) in [7, 11) is 3.98. The molecule has 0 unspecified atom stereocenters. The lowest BCUT2D eigenvalue weighted by atomic mass is 9.96. The maximum atomic E-state index is 12.4. The van der Waals surface area contributed by atoms with Gasteiger partial charge in [-0.15, -0.1) is 11.3 Å². The van der Waals surface area contributed by atoms with Gasteiger partial charge in [0.15, 0.2) is 0 Å². The zero-order valence-electron chi connectivity index (χ0n) is 14.6. The molecule has 3 rings (SSSR count). The van der Waals surface area contributed by atoms with Crippen LogP contribution in [0.15, 0.2) is 5.38 Å². The van der Waals surface area contributed by atoms with Gasteiger partial charge in [-0.2, -0.15) is 0 Å². The third kappa shape index (κ3) is 3.98. The number of nitrogens with zero attached hydrogens (tertiary/aromatic N) is 2. The number of likely N-dealkylation sites (tertiary alicyclic amines) is 1. The summed E-state index contributed by atoms with van der Waals surface area (Å²) in [4.78, 5) is 29.9. The monoisotopic (exact) mass is 349 g/mol. The van der Waals surface area contributed by atoms with Gasteiger partial charge >= 0.3 is 0 Å². The number of carbonyl (C=O) groups is 2. The molecular formula is C18H27N3O2S. The van der Waals surface area contributed by atoms with Crippen molar-refractivity contribution < 1.29 is 9.59 Å². The first-order valence-corrected chi connectivity index (χ1v) is 9.71. The minimum absolute atomic E-state index is 0.0199. The van der Waals surface area contributed by atoms with Crippen LogP contribution in [-0.2, 0) is 29.0 Å². The van der Waals surface area contributed by atoms with Gasteiger partial charge in [0, 0.05) is 37.5 Å². The number of likely N-dealkylation sites (N-methyl/N-ethyl adjacent to an activating group) is 1. The summed E-state index contributed by atoms with van der Waals surface area (Å²) in [6, 6.07) is 0. The third-order valence-corrected chi connectivity index (χ3v) is 6.14. The van der Waals surface area contributed by atoms with Crippen molar-refractivity contribution in [2.24, 2.45) is 5.92 Å². The fourth-order valence-electron chi connectivity index (χ4n) is 3.52. The lowest BCUT2D eigenvalue weighted by Crippen LogP contribution is -2.35. The molecule has 2 aliphatic rings. The Bertz CT molecular complexity index is 611. The topological polar surface area (TPSA) is 52.6 Å². The maximum absolute atomic E-state index is 12.4. The predicted molar refractivity (Wildman–Crippen MR) is 96.0 cm³/mol. The van der Waals surface area contributed by atoms with Gasteiger partial charge in [-0.1, -0.05) is 0 Å². The Morgan fingerprint density at radius 2 is 2.17 bits per heavy atom. The van der Waals surface area contributed by atoms with Gasteiger partial charge in [-0.3, -0.25) is 9.59 Å². The molecule has 2 heterocycles. The summed E-state index contributed by atoms with van der Waals surface area (Å²) < 4.78 is 0. The number of hydrogen-bond donors (Lipinski definition) is 1. The highest BCUT2D eigenvalue weighted by Gasteiger charge is 2.34. The minimum atomic E-state index is -0.200. The molecule has 2 amide bonds. The highest BCUT2D eigenvalue weighted by molar-refractivity contribution is 7.10. The number of aryl methyl sites for hydroxylation is 1. The Hall–Kier alpha value is -1.40. The van der Waals surface area contributed by atoms with E-state index in [1.54, 1.807) is 0 Å². The van der Waals surface area contributed by atoms with E-state index in [4.69, 9.17) is 0 Å². The second kappa shape index (κ2) is 7.66. The lowest BCUT2D eigenvalue weighted by molar-refractivity contribution is -0.129. The number of fused-ring (bicyclic) bond motifs is 1. The van der Waals surface area contributed by atoms with Gasteiger partial charge in [0.05, 0.1) is 5.92 Å². The average molecular weight is 350 g/mol. The number of thiophene rings is 1. The molecule has 0 spiro atoms. The first kappa shape index (κ1) is 17.4. The molecule has 5 nitrogen and oxygen atoms in total. The van der Waals surface area contributed by atoms with Crippen LogP contribution in [-0.4, -0.2) is 55.3 Å². The SMILES string of the molecule is CN(C)CCN1C[C@H](C(=O)NCc2csc3c2CCCC3)CC1=O. The molecule has 0 bridgehead atoms. The lowest BCUT2D eigenvalue weighted by Gasteiger charge is -2.19. The Balaban J connectivity index is 1.51. The van der Waals surface area contributed by atoms with Crippen molar-refractivity contribution in [2.75, 3.05) is 33.7 Å². The summed E-state index contributed by atoms with van der Waals surface area (Å²) >= 11 is 1.83. The van der Waals surface area contributed by atoms with Crippen molar-refractivity contribution >= 4 is 23.2 Å². The van der Waals surface area contributed by atoms with Gasteiger partial charge < -0.3 is 15.1 Å². The van der Waals surface area contributed by atoms with E-state index in [2.05, 4.69) is 15.6 Å². The smallest absolute Gasteiger partial charge is 0.225 e. The Morgan fingerprint density at radius 3 is 2.96 bits per heavy atom. The summed E-state index contributed by atoms with van der Waals surface area (Å²) in [5.41, 5.74) is 2.73. The Morgan fingerprint density at radius 1 is 1.38 bits per heavy atom. The van der Waals surface area contributed by atoms with E-state index < -0.39 is 0 Å². The second-order valence-electron chi connectivity index (χ2n) is 7.13. The van der Waals surface area contributed by atoms with Gasteiger partial charge in [0.2, 0.25) is 11.8 Å². The maximum Gasteiger partial charge on any atom is 0.225 e. The highest BCUT2D eigenvalue weighted by Crippen LogP contribution is 2.30. The molecule has 1 aromatic heterocycles. The molecule has 0 saturated carbocycles. The average Bonchev–Trinajstić information content (AvgIpc) is 3.14. The van der Waals surface area contributed by atoms with Gasteiger partial charge in [0.1, 0.15) is 0 Å². The molecule has 6 heteroatoms. The summed E-state index contributed by atoms with van der Waals surface area (Å²) in [5, 5.41) is 5.26. The van der Waals surface area contributed by atoms with E-state index in [0.717, 1.165) is 13.0 Å². The van der Waals surface area contributed by atoms with Crippen molar-refractivity contribution in [2.45, 2.75) is 38.6 Å². The molecule has 1 aliphatic carbocycles. The van der Waals surface area contributed by atoms with Crippen LogP contribution in [0.2, 0.25) is 0 Å². The van der Waals surface area contributed by atoms with Crippen LogP contribution in [0.1, 0.15) is 35.3 Å². The fourth-order valence-corrected chi connectivity index (χ4v) is 4.67. The molecule has 1 aromatic rings.